The molecule has 2 aromatic heterocycles. The van der Waals surface area contributed by atoms with E-state index < -0.39 is 0 Å². The van der Waals surface area contributed by atoms with Crippen LogP contribution in [-0.2, 0) is 6.54 Å². The third-order valence-corrected chi connectivity index (χ3v) is 6.03. The third-order valence-electron chi connectivity index (χ3n) is 6.03. The fraction of sp³-hybridized carbons (Fsp3) is 0.545. The van der Waals surface area contributed by atoms with Crippen LogP contribution >= 0.6 is 0 Å². The zero-order chi connectivity index (χ0) is 20.4. The van der Waals surface area contributed by atoms with Gasteiger partial charge in [-0.05, 0) is 44.4 Å². The van der Waals surface area contributed by atoms with E-state index in [9.17, 15) is 5.11 Å². The van der Waals surface area contributed by atoms with Crippen molar-refractivity contribution in [2.45, 2.75) is 51.6 Å². The van der Waals surface area contributed by atoms with Crippen LogP contribution in [0.3, 0.4) is 0 Å². The number of nitrogens with zero attached hydrogens (tertiary/aromatic N) is 4. The summed E-state index contributed by atoms with van der Waals surface area (Å²) in [6, 6.07) is 3.96. The molecule has 1 atom stereocenters. The van der Waals surface area contributed by atoms with Crippen LogP contribution in [0.5, 0.6) is 5.75 Å². The predicted molar refractivity (Wildman–Crippen MR) is 116 cm³/mol. The molecule has 2 aromatic rings. The molecule has 7 nitrogen and oxygen atoms in total. The molecule has 156 valence electrons. The molecule has 0 amide bonds. The lowest BCUT2D eigenvalue weighted by molar-refractivity contribution is 0.224. The Bertz CT molecular complexity index is 882. The number of allylic oxidation sites excluding steroid dienone is 1. The quantitative estimate of drug-likeness (QED) is 0.695. The van der Waals surface area contributed by atoms with Crippen molar-refractivity contribution in [2.75, 3.05) is 31.5 Å². The molecule has 29 heavy (non-hydrogen) atoms. The normalized spacial score (nSPS) is 20.0. The number of likely N-dealkylation sites (tertiary alicyclic amines) is 1. The number of imidazole rings is 1. The summed E-state index contributed by atoms with van der Waals surface area (Å²) in [7, 11) is 0. The van der Waals surface area contributed by atoms with Crippen molar-refractivity contribution in [2.24, 2.45) is 5.73 Å². The summed E-state index contributed by atoms with van der Waals surface area (Å²) < 4.78 is 2.22. The molecule has 0 aromatic carbocycles. The lowest BCUT2D eigenvalue weighted by Gasteiger charge is -2.32. The molecular formula is C22H32N6O. The van der Waals surface area contributed by atoms with E-state index in [2.05, 4.69) is 38.8 Å². The summed E-state index contributed by atoms with van der Waals surface area (Å²) in [6.07, 6.45) is 7.47. The highest BCUT2D eigenvalue weighted by Gasteiger charge is 2.26. The Morgan fingerprint density at radius 3 is 2.79 bits per heavy atom. The summed E-state index contributed by atoms with van der Waals surface area (Å²) in [5.74, 6) is 1.50. The average molecular weight is 397 g/mol. The topological polar surface area (TPSA) is 92.2 Å². The summed E-state index contributed by atoms with van der Waals surface area (Å²) in [4.78, 5) is 11.9. The molecule has 3 heterocycles. The fourth-order valence-electron chi connectivity index (χ4n) is 4.43. The Morgan fingerprint density at radius 1 is 1.24 bits per heavy atom. The van der Waals surface area contributed by atoms with Crippen LogP contribution in [0.2, 0.25) is 0 Å². The monoisotopic (exact) mass is 396 g/mol. The van der Waals surface area contributed by atoms with Crippen LogP contribution in [0.4, 0.5) is 5.95 Å². The van der Waals surface area contributed by atoms with Gasteiger partial charge in [-0.15, -0.1) is 0 Å². The number of fused-ring (bicyclic) bond motifs is 1. The minimum Gasteiger partial charge on any atom is -0.506 e. The van der Waals surface area contributed by atoms with Crippen LogP contribution in [0, 0.1) is 6.92 Å². The maximum absolute atomic E-state index is 10.3. The smallest absolute Gasteiger partial charge is 0.204 e. The van der Waals surface area contributed by atoms with Gasteiger partial charge in [0.1, 0.15) is 11.4 Å². The minimum absolute atomic E-state index is 0.234. The van der Waals surface area contributed by atoms with Crippen molar-refractivity contribution in [3.05, 3.63) is 41.0 Å². The Kier molecular flexibility index (Phi) is 5.87. The highest BCUT2D eigenvalue weighted by molar-refractivity contribution is 5.56. The summed E-state index contributed by atoms with van der Waals surface area (Å²) in [5.41, 5.74) is 9.54. The number of anilines is 1. The number of hydrogen-bond donors (Lipinski definition) is 3. The number of nitrogens with one attached hydrogen (secondary N) is 1. The van der Waals surface area contributed by atoms with E-state index in [0.717, 1.165) is 56.2 Å². The fourth-order valence-corrected chi connectivity index (χ4v) is 4.43. The van der Waals surface area contributed by atoms with Crippen LogP contribution < -0.4 is 11.1 Å². The number of piperidine rings is 1. The lowest BCUT2D eigenvalue weighted by atomic mass is 9.96. The van der Waals surface area contributed by atoms with E-state index in [1.54, 1.807) is 6.07 Å². The second kappa shape index (κ2) is 8.55. The molecule has 0 bridgehead atoms. The van der Waals surface area contributed by atoms with Crippen molar-refractivity contribution in [3.63, 3.8) is 0 Å². The number of hydrogen-bond acceptors (Lipinski definition) is 6. The Labute approximate surface area is 172 Å². The molecule has 1 unspecified atom stereocenters. The van der Waals surface area contributed by atoms with Crippen molar-refractivity contribution in [3.8, 4) is 5.75 Å². The molecule has 7 heteroatoms. The van der Waals surface area contributed by atoms with Gasteiger partial charge in [0.05, 0.1) is 17.9 Å². The molecule has 0 saturated carbocycles. The molecule has 2 aliphatic rings. The molecule has 4 rings (SSSR count). The second-order valence-corrected chi connectivity index (χ2v) is 8.30. The van der Waals surface area contributed by atoms with Crippen molar-refractivity contribution < 1.29 is 5.11 Å². The molecule has 1 fully saturated rings. The standard InChI is InChI=1S/C22H32N6O/c1-15-4-3-5-18-21(15)28(14-19-20(29)7-6-16(2)24-19)22(26-18)25-17-8-11-27(12-9-17)13-10-23/h3,5-7,15,17,29H,4,8-14,23H2,1-2H3,(H,25,26). The summed E-state index contributed by atoms with van der Waals surface area (Å²) in [6.45, 7) is 8.51. The summed E-state index contributed by atoms with van der Waals surface area (Å²) in [5, 5.41) is 14.0. The first-order chi connectivity index (χ1) is 14.0. The molecule has 1 saturated heterocycles. The Morgan fingerprint density at radius 2 is 2.03 bits per heavy atom. The van der Waals surface area contributed by atoms with E-state index in [-0.39, 0.29) is 5.75 Å². The van der Waals surface area contributed by atoms with Crippen LogP contribution in [0.25, 0.3) is 6.08 Å². The Balaban J connectivity index is 1.60. The first-order valence-electron chi connectivity index (χ1n) is 10.7. The zero-order valence-electron chi connectivity index (χ0n) is 17.4. The van der Waals surface area contributed by atoms with E-state index in [4.69, 9.17) is 10.7 Å². The van der Waals surface area contributed by atoms with Gasteiger partial charge in [-0.1, -0.05) is 13.0 Å². The maximum Gasteiger partial charge on any atom is 0.204 e. The number of aromatic hydroxyl groups is 1. The van der Waals surface area contributed by atoms with Crippen LogP contribution in [0.1, 0.15) is 54.9 Å². The van der Waals surface area contributed by atoms with E-state index in [1.165, 1.54) is 5.69 Å². The van der Waals surface area contributed by atoms with Gasteiger partial charge in [-0.3, -0.25) is 4.98 Å². The van der Waals surface area contributed by atoms with Crippen molar-refractivity contribution in [1.82, 2.24) is 19.4 Å². The highest BCUT2D eigenvalue weighted by atomic mass is 16.3. The first kappa shape index (κ1) is 19.9. The third kappa shape index (κ3) is 4.31. The van der Waals surface area contributed by atoms with Gasteiger partial charge in [-0.25, -0.2) is 4.98 Å². The van der Waals surface area contributed by atoms with Gasteiger partial charge in [-0.2, -0.15) is 0 Å². The van der Waals surface area contributed by atoms with Crippen LogP contribution in [0.15, 0.2) is 18.2 Å². The number of aryl methyl sites for hydroxylation is 1. The average Bonchev–Trinajstić information content (AvgIpc) is 3.05. The molecule has 0 spiro atoms. The zero-order valence-corrected chi connectivity index (χ0v) is 17.4. The van der Waals surface area contributed by atoms with E-state index >= 15 is 0 Å². The minimum atomic E-state index is 0.234. The molecular weight excluding hydrogens is 364 g/mol. The number of rotatable bonds is 6. The first-order valence-corrected chi connectivity index (χ1v) is 10.7. The van der Waals surface area contributed by atoms with Gasteiger partial charge in [0.25, 0.3) is 0 Å². The van der Waals surface area contributed by atoms with Crippen molar-refractivity contribution in [1.29, 1.82) is 0 Å². The van der Waals surface area contributed by atoms with Gasteiger partial charge >= 0.3 is 0 Å². The predicted octanol–water partition coefficient (Wildman–Crippen LogP) is 2.70. The summed E-state index contributed by atoms with van der Waals surface area (Å²) >= 11 is 0. The largest absolute Gasteiger partial charge is 0.506 e. The number of aromatic nitrogens is 3. The van der Waals surface area contributed by atoms with Gasteiger partial charge in [0.2, 0.25) is 5.95 Å². The van der Waals surface area contributed by atoms with Gasteiger partial charge in [0, 0.05) is 43.8 Å². The van der Waals surface area contributed by atoms with Gasteiger partial charge < -0.3 is 25.6 Å². The number of nitrogens with two attached hydrogens (primary N) is 1. The molecule has 0 radical (unpaired) electrons. The van der Waals surface area contributed by atoms with Crippen molar-refractivity contribution >= 4 is 12.0 Å². The second-order valence-electron chi connectivity index (χ2n) is 8.30. The number of pyridine rings is 1. The lowest BCUT2D eigenvalue weighted by Crippen LogP contribution is -2.41. The maximum atomic E-state index is 10.3. The molecule has 1 aliphatic heterocycles. The van der Waals surface area contributed by atoms with Crippen LogP contribution in [-0.4, -0.2) is 56.8 Å². The van der Waals surface area contributed by atoms with Gasteiger partial charge in [0.15, 0.2) is 0 Å². The SMILES string of the molecule is Cc1ccc(O)c(Cn2c(NC3CCN(CCN)CC3)nc3c2C(C)CC=C3)n1. The van der Waals surface area contributed by atoms with E-state index in [0.29, 0.717) is 30.7 Å². The Hall–Kier alpha value is -2.38. The molecule has 1 aliphatic carbocycles. The molecule has 4 N–H and O–H groups in total. The highest BCUT2D eigenvalue weighted by Crippen LogP contribution is 2.33. The van der Waals surface area contributed by atoms with E-state index in [1.807, 2.05) is 13.0 Å².